The molecular weight excluding hydrogens is 566 g/mol. The summed E-state index contributed by atoms with van der Waals surface area (Å²) in [7, 11) is 3.16. The molecule has 0 bridgehead atoms. The van der Waals surface area contributed by atoms with Crippen molar-refractivity contribution in [1.29, 1.82) is 0 Å². The van der Waals surface area contributed by atoms with Gasteiger partial charge in [0.05, 0.1) is 43.3 Å². The van der Waals surface area contributed by atoms with Crippen molar-refractivity contribution in [1.82, 2.24) is 10.6 Å². The van der Waals surface area contributed by atoms with Crippen molar-refractivity contribution >= 4 is 17.6 Å². The number of amides is 2. The van der Waals surface area contributed by atoms with Crippen LogP contribution in [-0.2, 0) is 19.1 Å². The molecule has 1 unspecified atom stereocenters. The van der Waals surface area contributed by atoms with Crippen molar-refractivity contribution in [3.05, 3.63) is 23.8 Å². The average molecular weight is 622 g/mol. The molecule has 0 aliphatic carbocycles. The number of hydrogen-bond acceptors (Lipinski definition) is 9. The molecule has 5 atom stereocenters. The number of methoxy groups -OCH3 is 2. The lowest BCUT2D eigenvalue weighted by Crippen LogP contribution is -2.52. The van der Waals surface area contributed by atoms with Crippen LogP contribution in [0.1, 0.15) is 78.6 Å². The van der Waals surface area contributed by atoms with Crippen LogP contribution in [0, 0.1) is 29.1 Å². The molecule has 11 nitrogen and oxygen atoms in total. The van der Waals surface area contributed by atoms with E-state index in [-0.39, 0.29) is 30.1 Å². The lowest BCUT2D eigenvalue weighted by Gasteiger charge is -2.33. The van der Waals surface area contributed by atoms with E-state index in [4.69, 9.17) is 24.7 Å². The Labute approximate surface area is 262 Å². The minimum Gasteiger partial charge on any atom is -0.493 e. The summed E-state index contributed by atoms with van der Waals surface area (Å²) in [5.74, 6) is -1.51. The van der Waals surface area contributed by atoms with Crippen molar-refractivity contribution in [2.45, 2.75) is 92.2 Å². The molecule has 1 aliphatic heterocycles. The number of benzene rings is 1. The van der Waals surface area contributed by atoms with Crippen molar-refractivity contribution in [3.8, 4) is 11.5 Å². The zero-order valence-corrected chi connectivity index (χ0v) is 28.2. The molecule has 2 rings (SSSR count). The predicted octanol–water partition coefficient (Wildman–Crippen LogP) is 3.31. The molecule has 1 saturated heterocycles. The first-order valence-corrected chi connectivity index (χ1v) is 15.5. The highest BCUT2D eigenvalue weighted by Crippen LogP contribution is 2.36. The molecule has 1 heterocycles. The van der Waals surface area contributed by atoms with E-state index >= 15 is 0 Å². The fraction of sp³-hybridized carbons (Fsp3) is 0.727. The summed E-state index contributed by atoms with van der Waals surface area (Å²) in [6.45, 7) is 15.8. The van der Waals surface area contributed by atoms with Gasteiger partial charge in [-0.1, -0.05) is 27.7 Å². The van der Waals surface area contributed by atoms with Crippen molar-refractivity contribution < 1.29 is 38.4 Å². The second-order valence-corrected chi connectivity index (χ2v) is 13.6. The number of rotatable bonds is 18. The molecule has 1 aliphatic rings. The number of primary amides is 1. The Kier molecular flexibility index (Phi) is 13.6. The summed E-state index contributed by atoms with van der Waals surface area (Å²) >= 11 is 0. The van der Waals surface area contributed by atoms with E-state index in [9.17, 15) is 19.5 Å². The Hall–Kier alpha value is -2.73. The maximum Gasteiger partial charge on any atom is 0.224 e. The Morgan fingerprint density at radius 2 is 1.75 bits per heavy atom. The van der Waals surface area contributed by atoms with E-state index in [0.717, 1.165) is 0 Å². The van der Waals surface area contributed by atoms with Gasteiger partial charge in [0.25, 0.3) is 0 Å². The first-order valence-electron chi connectivity index (χ1n) is 15.5. The highest BCUT2D eigenvalue weighted by Gasteiger charge is 2.48. The van der Waals surface area contributed by atoms with Gasteiger partial charge < -0.3 is 35.1 Å². The first-order chi connectivity index (χ1) is 20.5. The van der Waals surface area contributed by atoms with Crippen molar-refractivity contribution in [2.24, 2.45) is 34.8 Å². The van der Waals surface area contributed by atoms with Gasteiger partial charge in [0.15, 0.2) is 17.3 Å². The second kappa shape index (κ2) is 16.0. The molecule has 0 aromatic heterocycles. The van der Waals surface area contributed by atoms with Gasteiger partial charge in [-0.15, -0.1) is 0 Å². The van der Waals surface area contributed by atoms with Crippen LogP contribution < -0.4 is 25.8 Å². The van der Waals surface area contributed by atoms with E-state index in [1.807, 2.05) is 41.5 Å². The molecule has 44 heavy (non-hydrogen) atoms. The van der Waals surface area contributed by atoms with Crippen LogP contribution in [0.25, 0.3) is 0 Å². The maximum atomic E-state index is 14.0. The molecule has 5 N–H and O–H groups in total. The normalized spacial score (nSPS) is 20.3. The third-order valence-electron chi connectivity index (χ3n) is 8.32. The Balaban J connectivity index is 2.32. The molecule has 250 valence electrons. The van der Waals surface area contributed by atoms with Gasteiger partial charge in [-0.25, -0.2) is 0 Å². The molecule has 1 aromatic carbocycles. The summed E-state index contributed by atoms with van der Waals surface area (Å²) in [5, 5.41) is 18.1. The van der Waals surface area contributed by atoms with E-state index in [1.165, 1.54) is 7.11 Å². The fourth-order valence-corrected chi connectivity index (χ4v) is 5.53. The summed E-state index contributed by atoms with van der Waals surface area (Å²) in [4.78, 5) is 39.1. The molecule has 0 radical (unpaired) electrons. The molecule has 0 spiro atoms. The van der Waals surface area contributed by atoms with Gasteiger partial charge in [-0.3, -0.25) is 19.7 Å². The van der Waals surface area contributed by atoms with Gasteiger partial charge in [0, 0.05) is 38.2 Å². The molecule has 2 amide bonds. The SMILES string of the molecule is COCCCOc1cc(C(=O)[C@@H](C(C)C)C(O)[C@H]2NC(C)(C)O[C@@H]2C[C@H](C(=O)NCC(C)(C)C(N)=O)C(C)C)ccc1OC. The number of carbonyl (C=O) groups is 3. The number of aliphatic hydroxyl groups is 1. The third-order valence-corrected chi connectivity index (χ3v) is 8.32. The van der Waals surface area contributed by atoms with Crippen LogP contribution in [0.15, 0.2) is 18.2 Å². The quantitative estimate of drug-likeness (QED) is 0.143. The van der Waals surface area contributed by atoms with E-state index in [0.29, 0.717) is 43.1 Å². The Morgan fingerprint density at radius 3 is 2.30 bits per heavy atom. The molecule has 11 heteroatoms. The number of aliphatic hydroxyl groups excluding tert-OH is 1. The average Bonchev–Trinajstić information content (AvgIpc) is 3.26. The number of nitrogens with two attached hydrogens (primary N) is 1. The van der Waals surface area contributed by atoms with Crippen LogP contribution in [-0.4, -0.2) is 80.7 Å². The number of Topliss-reactive ketones (excluding diaryl/α,β-unsaturated/α-hetero) is 1. The van der Waals surface area contributed by atoms with E-state index in [1.54, 1.807) is 39.2 Å². The molecule has 1 aromatic rings. The van der Waals surface area contributed by atoms with Gasteiger partial charge in [-0.2, -0.15) is 0 Å². The zero-order chi connectivity index (χ0) is 33.4. The van der Waals surface area contributed by atoms with Gasteiger partial charge in [0.2, 0.25) is 11.8 Å². The van der Waals surface area contributed by atoms with Gasteiger partial charge in [0.1, 0.15) is 5.72 Å². The lowest BCUT2D eigenvalue weighted by atomic mass is 9.78. The smallest absolute Gasteiger partial charge is 0.224 e. The maximum absolute atomic E-state index is 14.0. The van der Waals surface area contributed by atoms with Crippen molar-refractivity contribution in [3.63, 3.8) is 0 Å². The summed E-state index contributed by atoms with van der Waals surface area (Å²) in [6.07, 6.45) is -0.702. The van der Waals surface area contributed by atoms with Crippen LogP contribution >= 0.6 is 0 Å². The van der Waals surface area contributed by atoms with Crippen molar-refractivity contribution in [2.75, 3.05) is 34.0 Å². The van der Waals surface area contributed by atoms with Gasteiger partial charge >= 0.3 is 0 Å². The largest absolute Gasteiger partial charge is 0.493 e. The first kappa shape index (κ1) is 37.5. The Morgan fingerprint density at radius 1 is 1.09 bits per heavy atom. The van der Waals surface area contributed by atoms with Crippen LogP contribution in [0.5, 0.6) is 11.5 Å². The number of hydrogen-bond donors (Lipinski definition) is 4. The van der Waals surface area contributed by atoms with Crippen LogP contribution in [0.2, 0.25) is 0 Å². The topological polar surface area (TPSA) is 158 Å². The number of nitrogens with one attached hydrogen (secondary N) is 2. The predicted molar refractivity (Wildman–Crippen MR) is 168 cm³/mol. The number of carbonyl (C=O) groups excluding carboxylic acids is 3. The van der Waals surface area contributed by atoms with Crippen LogP contribution in [0.3, 0.4) is 0 Å². The Bertz CT molecular complexity index is 1120. The third kappa shape index (κ3) is 9.89. The minimum absolute atomic E-state index is 0.0547. The fourth-order valence-electron chi connectivity index (χ4n) is 5.53. The molecular formula is C33H55N3O8. The highest BCUT2D eigenvalue weighted by atomic mass is 16.5. The van der Waals surface area contributed by atoms with E-state index in [2.05, 4.69) is 10.6 Å². The number of ether oxygens (including phenoxy) is 4. The zero-order valence-electron chi connectivity index (χ0n) is 28.2. The monoisotopic (exact) mass is 621 g/mol. The number of ketones is 1. The summed E-state index contributed by atoms with van der Waals surface area (Å²) in [6, 6.07) is 4.40. The molecule has 1 fully saturated rings. The second-order valence-electron chi connectivity index (χ2n) is 13.6. The molecule has 0 saturated carbocycles. The van der Waals surface area contributed by atoms with Crippen LogP contribution in [0.4, 0.5) is 0 Å². The summed E-state index contributed by atoms with van der Waals surface area (Å²) < 4.78 is 22.8. The minimum atomic E-state index is -1.12. The highest BCUT2D eigenvalue weighted by molar-refractivity contribution is 5.99. The van der Waals surface area contributed by atoms with E-state index < -0.39 is 47.1 Å². The van der Waals surface area contributed by atoms with Gasteiger partial charge in [-0.05, 0) is 64.2 Å². The lowest BCUT2D eigenvalue weighted by molar-refractivity contribution is -0.131. The standard InChI is InChI=1S/C33H55N3O8/c1-19(2)22(30(39)35-18-32(5,6)31(34)40)17-25-27(36-33(7,8)44-25)29(38)26(20(3)4)28(37)21-12-13-23(42-10)24(16-21)43-15-11-14-41-9/h12-13,16,19-20,22,25-27,29,36,38H,11,14-15,17-18H2,1-10H3,(H2,34,40)(H,35,39)/t22-,25+,26+,27-,29?/m0/s1. The summed E-state index contributed by atoms with van der Waals surface area (Å²) in [5.41, 5.74) is 4.19.